The first kappa shape index (κ1) is 22.7. The van der Waals surface area contributed by atoms with E-state index < -0.39 is 8.60 Å². The molecule has 0 radical (unpaired) electrons. The SMILES string of the molecule is CC(C)(C)c1ccc(-c2cccc3c2-c2ccccc2-3)c(C(C)(C)C)c1.[O-]P([O-])[O-]. The molecule has 158 valence electrons. The van der Waals surface area contributed by atoms with Gasteiger partial charge in [-0.2, -0.15) is 0 Å². The third kappa shape index (κ3) is 4.50. The molecule has 0 unspecified atom stereocenters. The van der Waals surface area contributed by atoms with Crippen LogP contribution in [0.1, 0.15) is 52.7 Å². The lowest BCUT2D eigenvalue weighted by Crippen LogP contribution is -2.18. The summed E-state index contributed by atoms with van der Waals surface area (Å²) in [4.78, 5) is 25.4. The summed E-state index contributed by atoms with van der Waals surface area (Å²) in [5, 5.41) is 0. The first-order valence-corrected chi connectivity index (χ1v) is 11.2. The van der Waals surface area contributed by atoms with Gasteiger partial charge < -0.3 is 23.3 Å². The average molecular weight is 419 g/mol. The Morgan fingerprint density at radius 1 is 0.567 bits per heavy atom. The van der Waals surface area contributed by atoms with Crippen LogP contribution in [0.4, 0.5) is 0 Å². The summed E-state index contributed by atoms with van der Waals surface area (Å²) < 4.78 is 0. The lowest BCUT2D eigenvalue weighted by molar-refractivity contribution is -0.407. The summed E-state index contributed by atoms with van der Waals surface area (Å²) in [5.74, 6) is 0. The molecule has 0 heterocycles. The fraction of sp³-hybridized carbons (Fsp3) is 0.308. The molecule has 3 nitrogen and oxygen atoms in total. The van der Waals surface area contributed by atoms with Crippen molar-refractivity contribution in [2.75, 3.05) is 0 Å². The van der Waals surface area contributed by atoms with E-state index in [0.29, 0.717) is 0 Å². The van der Waals surface area contributed by atoms with Crippen molar-refractivity contribution in [3.05, 3.63) is 71.8 Å². The van der Waals surface area contributed by atoms with Crippen molar-refractivity contribution in [3.8, 4) is 33.4 Å². The van der Waals surface area contributed by atoms with Gasteiger partial charge in [-0.1, -0.05) is 102 Å². The molecule has 1 aliphatic carbocycles. The Kier molecular flexibility index (Phi) is 6.23. The van der Waals surface area contributed by atoms with Crippen molar-refractivity contribution in [2.45, 2.75) is 52.4 Å². The molecule has 0 bridgehead atoms. The predicted octanol–water partition coefficient (Wildman–Crippen LogP) is 4.89. The summed E-state index contributed by atoms with van der Waals surface area (Å²) in [6.45, 7) is 13.8. The molecule has 0 aromatic heterocycles. The molecular weight excluding hydrogens is 391 g/mol. The van der Waals surface area contributed by atoms with Crippen LogP contribution in [0.25, 0.3) is 33.4 Å². The second kappa shape index (κ2) is 8.24. The molecule has 0 N–H and O–H groups in total. The van der Waals surface area contributed by atoms with Crippen LogP contribution in [0.5, 0.6) is 0 Å². The summed E-state index contributed by atoms with van der Waals surface area (Å²) >= 11 is 0. The van der Waals surface area contributed by atoms with Crippen molar-refractivity contribution in [2.24, 2.45) is 0 Å². The summed E-state index contributed by atoms with van der Waals surface area (Å²) in [5.41, 5.74) is 11.4. The third-order valence-electron chi connectivity index (χ3n) is 5.53. The van der Waals surface area contributed by atoms with Gasteiger partial charge in [-0.3, -0.25) is 0 Å². The molecule has 4 heteroatoms. The second-order valence-corrected chi connectivity index (χ2v) is 10.2. The third-order valence-corrected chi connectivity index (χ3v) is 5.53. The highest BCUT2D eigenvalue weighted by atomic mass is 31.2. The molecule has 0 aliphatic heterocycles. The predicted molar refractivity (Wildman–Crippen MR) is 121 cm³/mol. The largest absolute Gasteiger partial charge is 0.854 e. The van der Waals surface area contributed by atoms with Crippen molar-refractivity contribution < 1.29 is 14.7 Å². The van der Waals surface area contributed by atoms with Crippen LogP contribution >= 0.6 is 8.60 Å². The van der Waals surface area contributed by atoms with Crippen LogP contribution in [0, 0.1) is 0 Å². The highest BCUT2D eigenvalue weighted by Crippen LogP contribution is 2.52. The van der Waals surface area contributed by atoms with Crippen molar-refractivity contribution in [1.82, 2.24) is 0 Å². The molecule has 0 atom stereocenters. The van der Waals surface area contributed by atoms with Gasteiger partial charge in [-0.25, -0.2) is 0 Å². The molecule has 3 aromatic carbocycles. The molecule has 0 saturated heterocycles. The van der Waals surface area contributed by atoms with Crippen LogP contribution in [-0.2, 0) is 10.8 Å². The topological polar surface area (TPSA) is 69.2 Å². The molecule has 30 heavy (non-hydrogen) atoms. The quantitative estimate of drug-likeness (QED) is 0.413. The molecule has 4 rings (SSSR count). The Bertz CT molecular complexity index is 1050. The second-order valence-electron chi connectivity index (χ2n) is 9.76. The van der Waals surface area contributed by atoms with Gasteiger partial charge in [0.1, 0.15) is 0 Å². The van der Waals surface area contributed by atoms with Gasteiger partial charge in [0.05, 0.1) is 0 Å². The highest BCUT2D eigenvalue weighted by Gasteiger charge is 2.28. The van der Waals surface area contributed by atoms with E-state index in [-0.39, 0.29) is 10.8 Å². The van der Waals surface area contributed by atoms with E-state index in [1.54, 1.807) is 0 Å². The van der Waals surface area contributed by atoms with Gasteiger partial charge in [0, 0.05) is 0 Å². The van der Waals surface area contributed by atoms with E-state index in [2.05, 4.69) is 102 Å². The number of rotatable bonds is 1. The Hall–Kier alpha value is -2.03. The minimum absolute atomic E-state index is 0.0998. The van der Waals surface area contributed by atoms with Gasteiger partial charge in [0.25, 0.3) is 0 Å². The van der Waals surface area contributed by atoms with Crippen LogP contribution in [0.3, 0.4) is 0 Å². The van der Waals surface area contributed by atoms with E-state index in [1.807, 2.05) is 0 Å². The fourth-order valence-corrected chi connectivity index (χ4v) is 4.03. The maximum Gasteiger partial charge on any atom is -0.00203 e. The minimum atomic E-state index is -3.37. The van der Waals surface area contributed by atoms with Crippen molar-refractivity contribution in [1.29, 1.82) is 0 Å². The number of hydrogen-bond donors (Lipinski definition) is 0. The monoisotopic (exact) mass is 419 g/mol. The van der Waals surface area contributed by atoms with E-state index in [4.69, 9.17) is 14.7 Å². The summed E-state index contributed by atoms with van der Waals surface area (Å²) in [6.07, 6.45) is 0. The molecular formula is C26H28O3P-3. The maximum atomic E-state index is 8.48. The zero-order valence-electron chi connectivity index (χ0n) is 18.4. The summed E-state index contributed by atoms with van der Waals surface area (Å²) in [6, 6.07) is 22.6. The van der Waals surface area contributed by atoms with Gasteiger partial charge >= 0.3 is 0 Å². The van der Waals surface area contributed by atoms with Crippen LogP contribution < -0.4 is 14.7 Å². The van der Waals surface area contributed by atoms with Crippen LogP contribution in [0.2, 0.25) is 0 Å². The molecule has 3 aromatic rings. The Labute approximate surface area is 181 Å². The Balaban J connectivity index is 0.000000589. The first-order chi connectivity index (χ1) is 13.9. The number of fused-ring (bicyclic) bond motifs is 4. The van der Waals surface area contributed by atoms with Gasteiger partial charge in [0.2, 0.25) is 0 Å². The number of hydrogen-bond acceptors (Lipinski definition) is 3. The van der Waals surface area contributed by atoms with Gasteiger partial charge in [-0.15, -0.1) is 0 Å². The minimum Gasteiger partial charge on any atom is -0.854 e. The summed E-state index contributed by atoms with van der Waals surface area (Å²) in [7, 11) is -3.37. The van der Waals surface area contributed by atoms with Gasteiger partial charge in [0.15, 0.2) is 0 Å². The molecule has 0 amide bonds. The van der Waals surface area contributed by atoms with Gasteiger partial charge in [-0.05, 0) is 55.3 Å². The van der Waals surface area contributed by atoms with E-state index in [1.165, 1.54) is 44.5 Å². The van der Waals surface area contributed by atoms with E-state index >= 15 is 0 Å². The first-order valence-electron chi connectivity index (χ1n) is 10.1. The highest BCUT2D eigenvalue weighted by molar-refractivity contribution is 7.33. The molecule has 1 aliphatic rings. The van der Waals surface area contributed by atoms with E-state index in [9.17, 15) is 0 Å². The lowest BCUT2D eigenvalue weighted by atomic mass is 9.72. The molecule has 0 fully saturated rings. The lowest BCUT2D eigenvalue weighted by Gasteiger charge is -2.39. The normalized spacial score (nSPS) is 12.5. The smallest absolute Gasteiger partial charge is 0.00203 e. The average Bonchev–Trinajstić information content (AvgIpc) is 2.63. The Morgan fingerprint density at radius 2 is 1.07 bits per heavy atom. The van der Waals surface area contributed by atoms with Crippen molar-refractivity contribution in [3.63, 3.8) is 0 Å². The van der Waals surface area contributed by atoms with E-state index in [0.717, 1.165) is 0 Å². The van der Waals surface area contributed by atoms with Crippen LogP contribution in [0.15, 0.2) is 60.7 Å². The maximum absolute atomic E-state index is 8.48. The number of benzene rings is 3. The molecule has 0 saturated carbocycles. The zero-order valence-corrected chi connectivity index (χ0v) is 19.3. The molecule has 0 spiro atoms. The Morgan fingerprint density at radius 3 is 1.60 bits per heavy atom. The van der Waals surface area contributed by atoms with Crippen molar-refractivity contribution >= 4 is 8.60 Å². The standard InChI is InChI=1S/C26H28.O3P/c1-25(2,3)17-14-15-19(23(16-17)26(4,5)6)22-13-9-12-21-18-10-7-8-11-20(18)24(21)22;1-4(2)3/h7-16H,1-6H3;/q;-3. The van der Waals surface area contributed by atoms with Crippen LogP contribution in [-0.4, -0.2) is 0 Å². The zero-order chi connectivity index (χ0) is 22.3. The fourth-order valence-electron chi connectivity index (χ4n) is 4.03.